The fourth-order valence-corrected chi connectivity index (χ4v) is 3.25. The van der Waals surface area contributed by atoms with Crippen LogP contribution in [-0.2, 0) is 11.2 Å². The minimum Gasteiger partial charge on any atom is -0.484 e. The average molecular weight is 406 g/mol. The van der Waals surface area contributed by atoms with Crippen LogP contribution in [0.5, 0.6) is 5.75 Å². The van der Waals surface area contributed by atoms with E-state index in [1.165, 1.54) is 0 Å². The van der Waals surface area contributed by atoms with Gasteiger partial charge in [-0.15, -0.1) is 11.3 Å². The number of aromatic nitrogens is 2. The van der Waals surface area contributed by atoms with Gasteiger partial charge in [0, 0.05) is 18.0 Å². The van der Waals surface area contributed by atoms with E-state index in [2.05, 4.69) is 15.5 Å². The van der Waals surface area contributed by atoms with Crippen molar-refractivity contribution in [2.24, 2.45) is 0 Å². The Morgan fingerprint density at radius 2 is 2.15 bits per heavy atom. The molecule has 27 heavy (non-hydrogen) atoms. The summed E-state index contributed by atoms with van der Waals surface area (Å²) in [7, 11) is 0. The molecule has 1 aromatic carbocycles. The molecule has 0 saturated heterocycles. The standard InChI is InChI=1S/C19H20ClN3O3S/c20-14-6-4-7-15(12-14)25-13-17(24)21-10-3-1-2-9-18-22-19(23-26-18)16-8-5-11-27-16/h4-8,11-12H,1-3,9-10,13H2,(H,21,24). The maximum absolute atomic E-state index is 11.8. The molecular formula is C19H20ClN3O3S. The normalized spacial score (nSPS) is 10.7. The lowest BCUT2D eigenvalue weighted by molar-refractivity contribution is -0.123. The van der Waals surface area contributed by atoms with Crippen LogP contribution >= 0.6 is 22.9 Å². The van der Waals surface area contributed by atoms with Crippen molar-refractivity contribution in [3.63, 3.8) is 0 Å². The summed E-state index contributed by atoms with van der Waals surface area (Å²) in [6.07, 6.45) is 3.52. The van der Waals surface area contributed by atoms with E-state index in [1.807, 2.05) is 17.5 Å². The fourth-order valence-electron chi connectivity index (χ4n) is 2.42. The maximum Gasteiger partial charge on any atom is 0.257 e. The van der Waals surface area contributed by atoms with E-state index in [9.17, 15) is 4.79 Å². The number of hydrogen-bond acceptors (Lipinski definition) is 6. The van der Waals surface area contributed by atoms with Gasteiger partial charge in [-0.25, -0.2) is 0 Å². The number of carbonyl (C=O) groups excluding carboxylic acids is 1. The highest BCUT2D eigenvalue weighted by atomic mass is 35.5. The summed E-state index contributed by atoms with van der Waals surface area (Å²) < 4.78 is 10.7. The molecule has 0 aliphatic heterocycles. The third-order valence-electron chi connectivity index (χ3n) is 3.77. The van der Waals surface area contributed by atoms with Crippen molar-refractivity contribution < 1.29 is 14.1 Å². The Morgan fingerprint density at radius 3 is 2.96 bits per heavy atom. The third-order valence-corrected chi connectivity index (χ3v) is 4.87. The summed E-state index contributed by atoms with van der Waals surface area (Å²) in [5, 5.41) is 9.40. The number of hydrogen-bond donors (Lipinski definition) is 1. The summed E-state index contributed by atoms with van der Waals surface area (Å²) >= 11 is 7.46. The molecule has 0 atom stereocenters. The zero-order chi connectivity index (χ0) is 18.9. The molecule has 0 unspecified atom stereocenters. The Balaban J connectivity index is 1.25. The Kier molecular flexibility index (Phi) is 7.24. The molecule has 0 radical (unpaired) electrons. The number of nitrogens with one attached hydrogen (secondary N) is 1. The average Bonchev–Trinajstić information content (AvgIpc) is 3.34. The SMILES string of the molecule is O=C(COc1cccc(Cl)c1)NCCCCCc1nc(-c2cccs2)no1. The molecule has 2 heterocycles. The number of thiophene rings is 1. The van der Waals surface area contributed by atoms with Crippen LogP contribution in [0.3, 0.4) is 0 Å². The van der Waals surface area contributed by atoms with Gasteiger partial charge in [0.25, 0.3) is 5.91 Å². The number of ether oxygens (including phenoxy) is 1. The molecule has 0 aliphatic carbocycles. The zero-order valence-corrected chi connectivity index (χ0v) is 16.3. The first-order chi connectivity index (χ1) is 13.2. The highest BCUT2D eigenvalue weighted by Crippen LogP contribution is 2.21. The predicted octanol–water partition coefficient (Wildman–Crippen LogP) is 4.36. The van der Waals surface area contributed by atoms with Crippen LogP contribution in [0.1, 0.15) is 25.2 Å². The molecule has 1 amide bonds. The quantitative estimate of drug-likeness (QED) is 0.507. The number of nitrogens with zero attached hydrogens (tertiary/aromatic N) is 2. The first-order valence-electron chi connectivity index (χ1n) is 8.72. The molecule has 1 N–H and O–H groups in total. The van der Waals surface area contributed by atoms with Crippen LogP contribution in [0.25, 0.3) is 10.7 Å². The van der Waals surface area contributed by atoms with E-state index in [4.69, 9.17) is 20.9 Å². The molecule has 0 aliphatic rings. The van der Waals surface area contributed by atoms with Crippen LogP contribution in [0.4, 0.5) is 0 Å². The van der Waals surface area contributed by atoms with Gasteiger partial charge in [0.2, 0.25) is 11.7 Å². The van der Waals surface area contributed by atoms with Crippen molar-refractivity contribution in [1.29, 1.82) is 0 Å². The van der Waals surface area contributed by atoms with Gasteiger partial charge in [-0.1, -0.05) is 35.3 Å². The van der Waals surface area contributed by atoms with Crippen molar-refractivity contribution in [2.75, 3.05) is 13.2 Å². The van der Waals surface area contributed by atoms with Gasteiger partial charge in [-0.3, -0.25) is 4.79 Å². The number of amides is 1. The van der Waals surface area contributed by atoms with Crippen molar-refractivity contribution in [3.8, 4) is 16.5 Å². The number of benzene rings is 1. The van der Waals surface area contributed by atoms with E-state index in [0.717, 1.165) is 30.6 Å². The first kappa shape index (κ1) is 19.4. The zero-order valence-electron chi connectivity index (χ0n) is 14.7. The largest absolute Gasteiger partial charge is 0.484 e. The summed E-state index contributed by atoms with van der Waals surface area (Å²) in [6, 6.07) is 10.9. The molecule has 0 fully saturated rings. The van der Waals surface area contributed by atoms with Gasteiger partial charge in [0.1, 0.15) is 5.75 Å². The van der Waals surface area contributed by atoms with Crippen molar-refractivity contribution in [1.82, 2.24) is 15.5 Å². The van der Waals surface area contributed by atoms with E-state index in [1.54, 1.807) is 35.6 Å². The minimum absolute atomic E-state index is 0.0200. The monoisotopic (exact) mass is 405 g/mol. The van der Waals surface area contributed by atoms with E-state index < -0.39 is 0 Å². The summed E-state index contributed by atoms with van der Waals surface area (Å²) in [4.78, 5) is 17.2. The molecule has 0 bridgehead atoms. The number of halogens is 1. The Bertz CT molecular complexity index is 852. The van der Waals surface area contributed by atoms with Gasteiger partial charge in [-0.2, -0.15) is 4.98 Å². The van der Waals surface area contributed by atoms with Crippen LogP contribution in [0.2, 0.25) is 5.02 Å². The van der Waals surface area contributed by atoms with Crippen molar-refractivity contribution >= 4 is 28.8 Å². The number of carbonyl (C=O) groups is 1. The van der Waals surface area contributed by atoms with Gasteiger partial charge < -0.3 is 14.6 Å². The third kappa shape index (κ3) is 6.37. The van der Waals surface area contributed by atoms with Gasteiger partial charge in [0.15, 0.2) is 6.61 Å². The van der Waals surface area contributed by atoms with Gasteiger partial charge in [0.05, 0.1) is 4.88 Å². The van der Waals surface area contributed by atoms with E-state index >= 15 is 0 Å². The molecular weight excluding hydrogens is 386 g/mol. The Morgan fingerprint density at radius 1 is 1.22 bits per heavy atom. The highest BCUT2D eigenvalue weighted by molar-refractivity contribution is 7.13. The fraction of sp³-hybridized carbons (Fsp3) is 0.316. The van der Waals surface area contributed by atoms with E-state index in [-0.39, 0.29) is 12.5 Å². The molecule has 0 spiro atoms. The van der Waals surface area contributed by atoms with Crippen LogP contribution in [0, 0.1) is 0 Å². The summed E-state index contributed by atoms with van der Waals surface area (Å²) in [6.45, 7) is 0.593. The van der Waals surface area contributed by atoms with E-state index in [0.29, 0.717) is 29.0 Å². The van der Waals surface area contributed by atoms with Crippen LogP contribution < -0.4 is 10.1 Å². The topological polar surface area (TPSA) is 77.2 Å². The van der Waals surface area contributed by atoms with Gasteiger partial charge >= 0.3 is 0 Å². The lowest BCUT2D eigenvalue weighted by Crippen LogP contribution is -2.29. The molecule has 8 heteroatoms. The second kappa shape index (κ2) is 10.1. The molecule has 142 valence electrons. The number of unbranched alkanes of at least 4 members (excludes halogenated alkanes) is 2. The number of rotatable bonds is 10. The predicted molar refractivity (Wildman–Crippen MR) is 105 cm³/mol. The second-order valence-corrected chi connectivity index (χ2v) is 7.28. The lowest BCUT2D eigenvalue weighted by atomic mass is 10.2. The summed E-state index contributed by atoms with van der Waals surface area (Å²) in [5.74, 6) is 1.73. The smallest absolute Gasteiger partial charge is 0.257 e. The molecule has 3 aromatic rings. The summed E-state index contributed by atoms with van der Waals surface area (Å²) in [5.41, 5.74) is 0. The lowest BCUT2D eigenvalue weighted by Gasteiger charge is -2.07. The first-order valence-corrected chi connectivity index (χ1v) is 9.98. The minimum atomic E-state index is -0.146. The van der Waals surface area contributed by atoms with Crippen LogP contribution in [0.15, 0.2) is 46.3 Å². The second-order valence-electron chi connectivity index (χ2n) is 5.90. The van der Waals surface area contributed by atoms with Gasteiger partial charge in [-0.05, 0) is 42.5 Å². The maximum atomic E-state index is 11.8. The molecule has 6 nitrogen and oxygen atoms in total. The number of aryl methyl sites for hydroxylation is 1. The van der Waals surface area contributed by atoms with Crippen LogP contribution in [-0.4, -0.2) is 29.2 Å². The highest BCUT2D eigenvalue weighted by Gasteiger charge is 2.09. The Hall–Kier alpha value is -2.38. The Labute approximate surface area is 166 Å². The molecule has 2 aromatic heterocycles. The molecule has 3 rings (SSSR count). The van der Waals surface area contributed by atoms with Crippen molar-refractivity contribution in [2.45, 2.75) is 25.7 Å². The van der Waals surface area contributed by atoms with Crippen molar-refractivity contribution in [3.05, 3.63) is 52.7 Å². The molecule has 0 saturated carbocycles.